The highest BCUT2D eigenvalue weighted by molar-refractivity contribution is 5.95. The van der Waals surface area contributed by atoms with Crippen molar-refractivity contribution in [2.75, 3.05) is 18.5 Å². The average molecular weight is 517 g/mol. The molecule has 0 aliphatic carbocycles. The SMILES string of the molecule is CC(=O)c1ccc(NC(=O)NC2COC3C2OCC3n2nnnc2Oc2ccc(-n3ccnc3)cc2)cc1. The highest BCUT2D eigenvalue weighted by Gasteiger charge is 2.50. The van der Waals surface area contributed by atoms with Crippen LogP contribution < -0.4 is 15.4 Å². The van der Waals surface area contributed by atoms with Crippen molar-refractivity contribution in [1.82, 2.24) is 35.1 Å². The van der Waals surface area contributed by atoms with Gasteiger partial charge in [-0.2, -0.15) is 4.68 Å². The third-order valence-corrected chi connectivity index (χ3v) is 6.52. The van der Waals surface area contributed by atoms with Crippen molar-refractivity contribution >= 4 is 17.5 Å². The van der Waals surface area contributed by atoms with Crippen LogP contribution in [0.4, 0.5) is 10.5 Å². The van der Waals surface area contributed by atoms with Crippen molar-refractivity contribution in [2.45, 2.75) is 31.2 Å². The van der Waals surface area contributed by atoms with E-state index in [0.29, 0.717) is 23.6 Å². The summed E-state index contributed by atoms with van der Waals surface area (Å²) in [5.41, 5.74) is 2.09. The monoisotopic (exact) mass is 516 g/mol. The summed E-state index contributed by atoms with van der Waals surface area (Å²) in [6, 6.07) is 13.2. The van der Waals surface area contributed by atoms with Crippen LogP contribution in [0.1, 0.15) is 23.3 Å². The number of anilines is 1. The number of rotatable bonds is 7. The number of urea groups is 1. The Morgan fingerprint density at radius 3 is 2.55 bits per heavy atom. The van der Waals surface area contributed by atoms with Gasteiger partial charge in [0.2, 0.25) is 0 Å². The van der Waals surface area contributed by atoms with Crippen LogP contribution in [0.15, 0.2) is 67.3 Å². The maximum atomic E-state index is 12.6. The van der Waals surface area contributed by atoms with Gasteiger partial charge in [-0.25, -0.2) is 9.78 Å². The first kappa shape index (κ1) is 23.8. The van der Waals surface area contributed by atoms with E-state index in [9.17, 15) is 9.59 Å². The van der Waals surface area contributed by atoms with E-state index >= 15 is 0 Å². The topological polar surface area (TPSA) is 147 Å². The molecule has 0 spiro atoms. The first-order chi connectivity index (χ1) is 18.5. The van der Waals surface area contributed by atoms with E-state index in [1.165, 1.54) is 6.92 Å². The lowest BCUT2D eigenvalue weighted by atomic mass is 10.1. The molecule has 2 aromatic carbocycles. The summed E-state index contributed by atoms with van der Waals surface area (Å²) >= 11 is 0. The number of hydrogen-bond donors (Lipinski definition) is 2. The molecule has 4 heterocycles. The molecule has 2 aliphatic rings. The molecule has 2 aliphatic heterocycles. The van der Waals surface area contributed by atoms with Crippen molar-refractivity contribution in [3.05, 3.63) is 72.8 Å². The van der Waals surface area contributed by atoms with Gasteiger partial charge >= 0.3 is 12.0 Å². The quantitative estimate of drug-likeness (QED) is 0.353. The standard InChI is InChI=1S/C25H24N8O5/c1-15(34)16-2-4-17(5-3-16)27-24(35)28-20-12-36-23-21(13-37-22(20)23)33-25(29-30-31-33)38-19-8-6-18(7-9-19)32-11-10-26-14-32/h2-11,14,20-23H,12-13H2,1H3,(H2,27,28,35). The van der Waals surface area contributed by atoms with Gasteiger partial charge in [0, 0.05) is 29.3 Å². The molecule has 2 saturated heterocycles. The molecule has 194 valence electrons. The molecule has 0 bridgehead atoms. The molecule has 4 unspecified atom stereocenters. The molecule has 2 N–H and O–H groups in total. The predicted octanol–water partition coefficient (Wildman–Crippen LogP) is 2.38. The van der Waals surface area contributed by atoms with Crippen molar-refractivity contribution in [3.63, 3.8) is 0 Å². The number of Topliss-reactive ketones (excluding diaryl/α,β-unsaturated/α-hetero) is 1. The molecule has 38 heavy (non-hydrogen) atoms. The van der Waals surface area contributed by atoms with Crippen molar-refractivity contribution in [3.8, 4) is 17.4 Å². The fourth-order valence-electron chi connectivity index (χ4n) is 4.60. The van der Waals surface area contributed by atoms with Gasteiger partial charge in [-0.3, -0.25) is 4.79 Å². The lowest BCUT2D eigenvalue weighted by Crippen LogP contribution is -2.45. The molecule has 13 nitrogen and oxygen atoms in total. The zero-order chi connectivity index (χ0) is 26.1. The summed E-state index contributed by atoms with van der Waals surface area (Å²) in [7, 11) is 0. The van der Waals surface area contributed by atoms with Gasteiger partial charge in [-0.1, -0.05) is 5.10 Å². The number of fused-ring (bicyclic) bond motifs is 1. The average Bonchev–Trinajstić information content (AvgIpc) is 3.72. The van der Waals surface area contributed by atoms with Crippen LogP contribution in [0.3, 0.4) is 0 Å². The fraction of sp³-hybridized carbons (Fsp3) is 0.280. The van der Waals surface area contributed by atoms with E-state index < -0.39 is 6.03 Å². The minimum absolute atomic E-state index is 0.0391. The van der Waals surface area contributed by atoms with Crippen LogP contribution in [-0.4, -0.2) is 73.0 Å². The highest BCUT2D eigenvalue weighted by Crippen LogP contribution is 2.36. The summed E-state index contributed by atoms with van der Waals surface area (Å²) in [4.78, 5) is 28.1. The van der Waals surface area contributed by atoms with E-state index in [1.54, 1.807) is 41.5 Å². The summed E-state index contributed by atoms with van der Waals surface area (Å²) in [5.74, 6) is 0.531. The number of ether oxygens (including phenoxy) is 3. The Balaban J connectivity index is 1.08. The third kappa shape index (κ3) is 4.71. The van der Waals surface area contributed by atoms with Gasteiger partial charge in [0.1, 0.15) is 24.0 Å². The van der Waals surface area contributed by atoms with Crippen LogP contribution in [0.25, 0.3) is 5.69 Å². The lowest BCUT2D eigenvalue weighted by molar-refractivity contribution is 0.0613. The number of ketones is 1. The Bertz CT molecular complexity index is 1420. The third-order valence-electron chi connectivity index (χ3n) is 6.52. The lowest BCUT2D eigenvalue weighted by Gasteiger charge is -2.18. The Labute approximate surface area is 216 Å². The number of carbonyl (C=O) groups excluding carboxylic acids is 2. The number of carbonyl (C=O) groups is 2. The van der Waals surface area contributed by atoms with E-state index in [2.05, 4.69) is 31.1 Å². The van der Waals surface area contributed by atoms with Gasteiger partial charge in [0.25, 0.3) is 0 Å². The van der Waals surface area contributed by atoms with E-state index in [0.717, 1.165) is 5.69 Å². The van der Waals surface area contributed by atoms with Gasteiger partial charge in [-0.05, 0) is 65.9 Å². The number of nitrogens with one attached hydrogen (secondary N) is 2. The van der Waals surface area contributed by atoms with Crippen molar-refractivity contribution in [1.29, 1.82) is 0 Å². The van der Waals surface area contributed by atoms with E-state index in [1.807, 2.05) is 35.0 Å². The molecule has 4 atom stereocenters. The van der Waals surface area contributed by atoms with E-state index in [4.69, 9.17) is 14.2 Å². The molecular weight excluding hydrogens is 492 g/mol. The molecule has 2 fully saturated rings. The molecule has 0 saturated carbocycles. The van der Waals surface area contributed by atoms with Crippen LogP contribution in [0, 0.1) is 0 Å². The van der Waals surface area contributed by atoms with Gasteiger partial charge in [-0.15, -0.1) is 0 Å². The molecular formula is C25H24N8O5. The van der Waals surface area contributed by atoms with Crippen LogP contribution in [-0.2, 0) is 9.47 Å². The van der Waals surface area contributed by atoms with Crippen molar-refractivity contribution in [2.24, 2.45) is 0 Å². The fourth-order valence-corrected chi connectivity index (χ4v) is 4.60. The highest BCUT2D eigenvalue weighted by atomic mass is 16.6. The minimum Gasteiger partial charge on any atom is -0.423 e. The number of amides is 2. The number of hydrogen-bond acceptors (Lipinski definition) is 9. The van der Waals surface area contributed by atoms with Gasteiger partial charge in [0.05, 0.1) is 25.6 Å². The second kappa shape index (κ2) is 10.0. The number of nitrogens with zero attached hydrogens (tertiary/aromatic N) is 6. The second-order valence-corrected chi connectivity index (χ2v) is 8.97. The van der Waals surface area contributed by atoms with Gasteiger partial charge < -0.3 is 29.4 Å². The number of benzene rings is 2. The Kier molecular flexibility index (Phi) is 6.27. The number of tetrazole rings is 1. The zero-order valence-electron chi connectivity index (χ0n) is 20.3. The Morgan fingerprint density at radius 1 is 1.03 bits per heavy atom. The largest absolute Gasteiger partial charge is 0.423 e. The number of imidazole rings is 1. The second-order valence-electron chi connectivity index (χ2n) is 8.97. The molecule has 0 radical (unpaired) electrons. The molecule has 13 heteroatoms. The first-order valence-electron chi connectivity index (χ1n) is 12.0. The molecule has 4 aromatic rings. The van der Waals surface area contributed by atoms with Crippen molar-refractivity contribution < 1.29 is 23.8 Å². The maximum Gasteiger partial charge on any atom is 0.341 e. The van der Waals surface area contributed by atoms with Crippen LogP contribution in [0.5, 0.6) is 11.8 Å². The summed E-state index contributed by atoms with van der Waals surface area (Å²) in [5, 5.41) is 17.6. The summed E-state index contributed by atoms with van der Waals surface area (Å²) in [6.07, 6.45) is 4.53. The summed E-state index contributed by atoms with van der Waals surface area (Å²) in [6.45, 7) is 2.06. The summed E-state index contributed by atoms with van der Waals surface area (Å²) < 4.78 is 21.4. The normalized spacial score (nSPS) is 22.1. The zero-order valence-corrected chi connectivity index (χ0v) is 20.3. The van der Waals surface area contributed by atoms with E-state index in [-0.39, 0.29) is 42.7 Å². The van der Waals surface area contributed by atoms with Crippen LogP contribution >= 0.6 is 0 Å². The Morgan fingerprint density at radius 2 is 1.82 bits per heavy atom. The minimum atomic E-state index is -0.396. The first-order valence-corrected chi connectivity index (χ1v) is 12.0. The predicted molar refractivity (Wildman–Crippen MR) is 132 cm³/mol. The smallest absolute Gasteiger partial charge is 0.341 e. The molecule has 2 aromatic heterocycles. The van der Waals surface area contributed by atoms with Crippen LogP contribution in [0.2, 0.25) is 0 Å². The number of aromatic nitrogens is 6. The molecule has 6 rings (SSSR count). The maximum absolute atomic E-state index is 12.6. The van der Waals surface area contributed by atoms with Gasteiger partial charge in [0.15, 0.2) is 5.78 Å². The Hall–Kier alpha value is -4.62. The molecule has 2 amide bonds.